The molecule has 90 valence electrons. The smallest absolute Gasteiger partial charge is 0.127 e. The van der Waals surface area contributed by atoms with Gasteiger partial charge in [0.1, 0.15) is 10.8 Å². The number of hydrogen-bond donors (Lipinski definition) is 2. The van der Waals surface area contributed by atoms with Gasteiger partial charge in [0.15, 0.2) is 0 Å². The number of aromatic amines is 1. The van der Waals surface area contributed by atoms with Gasteiger partial charge in [0.2, 0.25) is 0 Å². The van der Waals surface area contributed by atoms with Crippen LogP contribution in [0.25, 0.3) is 10.9 Å². The maximum atomic E-state index is 4.49. The van der Waals surface area contributed by atoms with Crippen molar-refractivity contribution in [1.29, 1.82) is 0 Å². The fourth-order valence-electron chi connectivity index (χ4n) is 1.83. The molecule has 0 amide bonds. The third-order valence-electron chi connectivity index (χ3n) is 2.70. The molecule has 1 aromatic carbocycles. The van der Waals surface area contributed by atoms with Gasteiger partial charge in [-0.05, 0) is 24.3 Å². The van der Waals surface area contributed by atoms with Crippen molar-refractivity contribution in [3.8, 4) is 0 Å². The number of benzene rings is 1. The van der Waals surface area contributed by atoms with Crippen LogP contribution >= 0.6 is 11.8 Å². The van der Waals surface area contributed by atoms with Crippen LogP contribution in [0.5, 0.6) is 0 Å². The van der Waals surface area contributed by atoms with Gasteiger partial charge in [0.05, 0.1) is 5.03 Å². The molecule has 2 N–H and O–H groups in total. The van der Waals surface area contributed by atoms with Crippen molar-refractivity contribution in [3.63, 3.8) is 0 Å². The highest BCUT2D eigenvalue weighted by Crippen LogP contribution is 2.28. The van der Waals surface area contributed by atoms with E-state index < -0.39 is 0 Å². The Bertz CT molecular complexity index is 642. The molecule has 0 saturated carbocycles. The van der Waals surface area contributed by atoms with Crippen LogP contribution in [0.1, 0.15) is 0 Å². The number of hydrogen-bond acceptors (Lipinski definition) is 3. The summed E-state index contributed by atoms with van der Waals surface area (Å²) in [7, 11) is 1.87. The minimum Gasteiger partial charge on any atom is -0.373 e. The monoisotopic (exact) mass is 255 g/mol. The number of nitrogens with zero attached hydrogens (tertiary/aromatic N) is 1. The van der Waals surface area contributed by atoms with Crippen molar-refractivity contribution in [1.82, 2.24) is 9.97 Å². The fraction of sp³-hybridized carbons (Fsp3) is 0.0714. The lowest BCUT2D eigenvalue weighted by Crippen LogP contribution is -1.91. The van der Waals surface area contributed by atoms with Gasteiger partial charge in [-0.15, -0.1) is 0 Å². The Hall–Kier alpha value is -1.94. The summed E-state index contributed by atoms with van der Waals surface area (Å²) in [6.45, 7) is 0. The molecule has 0 fully saturated rings. The van der Waals surface area contributed by atoms with E-state index in [2.05, 4.69) is 33.5 Å². The maximum Gasteiger partial charge on any atom is 0.127 e. The third-order valence-corrected chi connectivity index (χ3v) is 3.58. The predicted octanol–water partition coefficient (Wildman–Crippen LogP) is 3.76. The topological polar surface area (TPSA) is 40.7 Å². The number of pyridine rings is 1. The number of anilines is 1. The second-order valence-electron chi connectivity index (χ2n) is 3.93. The molecular formula is C14H13N3S. The summed E-state index contributed by atoms with van der Waals surface area (Å²) in [6, 6.07) is 16.4. The van der Waals surface area contributed by atoms with E-state index in [1.54, 1.807) is 11.8 Å². The van der Waals surface area contributed by atoms with E-state index in [-0.39, 0.29) is 0 Å². The molecule has 0 aliphatic rings. The van der Waals surface area contributed by atoms with E-state index >= 15 is 0 Å². The molecule has 18 heavy (non-hydrogen) atoms. The zero-order chi connectivity index (χ0) is 12.4. The maximum absolute atomic E-state index is 4.49. The van der Waals surface area contributed by atoms with E-state index in [1.165, 1.54) is 5.39 Å². The quantitative estimate of drug-likeness (QED) is 0.748. The lowest BCUT2D eigenvalue weighted by atomic mass is 10.3. The third kappa shape index (κ3) is 2.19. The number of fused-ring (bicyclic) bond motifs is 1. The minimum atomic E-state index is 0.885. The van der Waals surface area contributed by atoms with Crippen LogP contribution in [0.3, 0.4) is 0 Å². The van der Waals surface area contributed by atoms with Crippen molar-refractivity contribution < 1.29 is 0 Å². The summed E-state index contributed by atoms with van der Waals surface area (Å²) in [5.74, 6) is 0.885. The van der Waals surface area contributed by atoms with E-state index in [0.29, 0.717) is 0 Å². The highest BCUT2D eigenvalue weighted by Gasteiger charge is 2.03. The summed E-state index contributed by atoms with van der Waals surface area (Å²) in [5, 5.41) is 6.36. The van der Waals surface area contributed by atoms with Crippen molar-refractivity contribution >= 4 is 28.5 Å². The molecule has 0 saturated heterocycles. The molecule has 0 aliphatic heterocycles. The molecule has 2 heterocycles. The Labute approximate surface area is 110 Å². The van der Waals surface area contributed by atoms with Crippen molar-refractivity contribution in [2.24, 2.45) is 0 Å². The largest absolute Gasteiger partial charge is 0.373 e. The van der Waals surface area contributed by atoms with Crippen LogP contribution in [-0.4, -0.2) is 17.0 Å². The first-order valence-electron chi connectivity index (χ1n) is 5.75. The second-order valence-corrected chi connectivity index (χ2v) is 5.00. The molecule has 0 radical (unpaired) electrons. The van der Waals surface area contributed by atoms with E-state index in [4.69, 9.17) is 0 Å². The molecule has 0 bridgehead atoms. The first kappa shape index (κ1) is 11.2. The molecule has 0 atom stereocenters. The van der Waals surface area contributed by atoms with Crippen LogP contribution in [0.2, 0.25) is 0 Å². The fourth-order valence-corrected chi connectivity index (χ4v) is 2.69. The zero-order valence-electron chi connectivity index (χ0n) is 9.97. The molecule has 3 rings (SSSR count). The Balaban J connectivity index is 1.91. The average Bonchev–Trinajstić information content (AvgIpc) is 2.81. The highest BCUT2D eigenvalue weighted by atomic mass is 32.2. The van der Waals surface area contributed by atoms with Gasteiger partial charge < -0.3 is 10.3 Å². The first-order chi connectivity index (χ1) is 8.85. The Morgan fingerprint density at radius 3 is 2.83 bits per heavy atom. The van der Waals surface area contributed by atoms with Crippen LogP contribution in [0.4, 0.5) is 5.82 Å². The van der Waals surface area contributed by atoms with Gasteiger partial charge in [0.25, 0.3) is 0 Å². The average molecular weight is 255 g/mol. The van der Waals surface area contributed by atoms with Crippen molar-refractivity contribution in [2.45, 2.75) is 10.1 Å². The minimum absolute atomic E-state index is 0.885. The molecule has 0 spiro atoms. The van der Waals surface area contributed by atoms with Crippen LogP contribution in [0.15, 0.2) is 58.6 Å². The Kier molecular flexibility index (Phi) is 2.94. The second kappa shape index (κ2) is 4.74. The number of para-hydroxylation sites is 1. The molecule has 0 aliphatic carbocycles. The SMILES string of the molecule is CNc1cccc(Sc2cc3ccccc3[nH]2)n1. The van der Waals surface area contributed by atoms with Gasteiger partial charge >= 0.3 is 0 Å². The van der Waals surface area contributed by atoms with E-state index in [0.717, 1.165) is 21.4 Å². The van der Waals surface area contributed by atoms with Gasteiger partial charge in [-0.25, -0.2) is 4.98 Å². The summed E-state index contributed by atoms with van der Waals surface area (Å²) in [6.07, 6.45) is 0. The van der Waals surface area contributed by atoms with Crippen LogP contribution < -0.4 is 5.32 Å². The van der Waals surface area contributed by atoms with Crippen LogP contribution in [0, 0.1) is 0 Å². The van der Waals surface area contributed by atoms with Gasteiger partial charge in [0, 0.05) is 18.0 Å². The standard InChI is InChI=1S/C14H13N3S/c1-15-12-7-4-8-13(17-12)18-14-9-10-5-2-3-6-11(10)16-14/h2-9,16H,1H3,(H,15,17). The molecule has 3 nitrogen and oxygen atoms in total. The summed E-state index contributed by atoms with van der Waals surface area (Å²) >= 11 is 1.64. The molecule has 0 unspecified atom stereocenters. The first-order valence-corrected chi connectivity index (χ1v) is 6.57. The molecule has 3 aromatic rings. The van der Waals surface area contributed by atoms with Gasteiger partial charge in [-0.1, -0.05) is 36.0 Å². The molecular weight excluding hydrogens is 242 g/mol. The summed E-state index contributed by atoms with van der Waals surface area (Å²) in [4.78, 5) is 7.87. The van der Waals surface area contributed by atoms with E-state index in [1.807, 2.05) is 37.4 Å². The normalized spacial score (nSPS) is 10.7. The Morgan fingerprint density at radius 2 is 2.00 bits per heavy atom. The number of H-pyrrole nitrogens is 1. The van der Waals surface area contributed by atoms with Crippen molar-refractivity contribution in [2.75, 3.05) is 12.4 Å². The predicted molar refractivity (Wildman–Crippen MR) is 76.2 cm³/mol. The molecule has 4 heteroatoms. The van der Waals surface area contributed by atoms with Gasteiger partial charge in [-0.2, -0.15) is 0 Å². The highest BCUT2D eigenvalue weighted by molar-refractivity contribution is 7.99. The number of rotatable bonds is 3. The summed E-state index contributed by atoms with van der Waals surface area (Å²) < 4.78 is 0. The lowest BCUT2D eigenvalue weighted by Gasteiger charge is -2.01. The number of aromatic nitrogens is 2. The van der Waals surface area contributed by atoms with Gasteiger partial charge in [-0.3, -0.25) is 0 Å². The number of nitrogens with one attached hydrogen (secondary N) is 2. The molecule has 2 aromatic heterocycles. The summed E-state index contributed by atoms with van der Waals surface area (Å²) in [5.41, 5.74) is 1.16. The van der Waals surface area contributed by atoms with Crippen molar-refractivity contribution in [3.05, 3.63) is 48.5 Å². The van der Waals surface area contributed by atoms with Crippen LogP contribution in [-0.2, 0) is 0 Å². The lowest BCUT2D eigenvalue weighted by molar-refractivity contribution is 1.11. The Morgan fingerprint density at radius 1 is 1.11 bits per heavy atom. The zero-order valence-corrected chi connectivity index (χ0v) is 10.8. The van der Waals surface area contributed by atoms with E-state index in [9.17, 15) is 0 Å².